The van der Waals surface area contributed by atoms with Crippen molar-refractivity contribution in [1.82, 2.24) is 9.80 Å². The molecule has 2 amide bonds. The van der Waals surface area contributed by atoms with E-state index in [0.29, 0.717) is 6.54 Å². The highest BCUT2D eigenvalue weighted by Gasteiger charge is 2.42. The molecule has 0 radical (unpaired) electrons. The van der Waals surface area contributed by atoms with E-state index in [1.807, 2.05) is 60.7 Å². The Bertz CT molecular complexity index is 748. The largest absolute Gasteiger partial charge is 0.364 e. The van der Waals surface area contributed by atoms with Crippen molar-refractivity contribution in [2.45, 2.75) is 19.1 Å². The Morgan fingerprint density at radius 1 is 1.08 bits per heavy atom. The smallest absolute Gasteiger partial charge is 0.261 e. The van der Waals surface area contributed by atoms with Crippen LogP contribution in [0.25, 0.3) is 0 Å². The predicted molar refractivity (Wildman–Crippen MR) is 94.4 cm³/mol. The summed E-state index contributed by atoms with van der Waals surface area (Å²) in [4.78, 5) is 28.6. The second-order valence-electron chi connectivity index (χ2n) is 6.33. The Labute approximate surface area is 147 Å². The van der Waals surface area contributed by atoms with Gasteiger partial charge < -0.3 is 14.5 Å². The molecule has 25 heavy (non-hydrogen) atoms. The number of methoxy groups -OCH3 is 1. The van der Waals surface area contributed by atoms with Crippen LogP contribution in [0.5, 0.6) is 0 Å². The van der Waals surface area contributed by atoms with Gasteiger partial charge in [-0.1, -0.05) is 60.7 Å². The SMILES string of the molecule is CO[C@](C)(C(=O)N1CC(=O)N(Cc2ccccc2)C1)c1ccccc1. The van der Waals surface area contributed by atoms with E-state index in [2.05, 4.69) is 0 Å². The lowest BCUT2D eigenvalue weighted by Gasteiger charge is -2.31. The second kappa shape index (κ2) is 7.07. The van der Waals surface area contributed by atoms with E-state index in [1.165, 1.54) is 7.11 Å². The van der Waals surface area contributed by atoms with Gasteiger partial charge in [-0.3, -0.25) is 9.59 Å². The van der Waals surface area contributed by atoms with E-state index < -0.39 is 5.60 Å². The van der Waals surface area contributed by atoms with Crippen molar-refractivity contribution >= 4 is 11.8 Å². The molecule has 0 N–H and O–H groups in total. The van der Waals surface area contributed by atoms with Crippen LogP contribution < -0.4 is 0 Å². The third-order valence-corrected chi connectivity index (χ3v) is 4.66. The van der Waals surface area contributed by atoms with E-state index in [1.54, 1.807) is 16.7 Å². The number of ether oxygens (including phenoxy) is 1. The highest BCUT2D eigenvalue weighted by molar-refractivity contribution is 5.92. The Kier molecular flexibility index (Phi) is 4.86. The minimum atomic E-state index is -1.11. The van der Waals surface area contributed by atoms with Crippen molar-refractivity contribution in [3.05, 3.63) is 71.8 Å². The topological polar surface area (TPSA) is 49.9 Å². The molecule has 3 rings (SSSR count). The first kappa shape index (κ1) is 17.2. The summed E-state index contributed by atoms with van der Waals surface area (Å²) < 4.78 is 5.57. The second-order valence-corrected chi connectivity index (χ2v) is 6.33. The van der Waals surface area contributed by atoms with Crippen LogP contribution in [0.2, 0.25) is 0 Å². The van der Waals surface area contributed by atoms with E-state index in [-0.39, 0.29) is 25.0 Å². The molecule has 1 atom stereocenters. The van der Waals surface area contributed by atoms with Gasteiger partial charge in [0, 0.05) is 13.7 Å². The summed E-state index contributed by atoms with van der Waals surface area (Å²) in [5.74, 6) is -0.256. The molecule has 1 aliphatic rings. The summed E-state index contributed by atoms with van der Waals surface area (Å²) in [6.07, 6.45) is 0. The number of benzene rings is 2. The molecule has 1 heterocycles. The first-order chi connectivity index (χ1) is 12.0. The average Bonchev–Trinajstić information content (AvgIpc) is 3.02. The van der Waals surface area contributed by atoms with Gasteiger partial charge in [0.05, 0.1) is 6.67 Å². The van der Waals surface area contributed by atoms with Gasteiger partial charge in [0.2, 0.25) is 5.91 Å². The highest BCUT2D eigenvalue weighted by atomic mass is 16.5. The van der Waals surface area contributed by atoms with Crippen molar-refractivity contribution in [1.29, 1.82) is 0 Å². The minimum Gasteiger partial charge on any atom is -0.364 e. The number of amides is 2. The molecule has 2 aromatic rings. The van der Waals surface area contributed by atoms with E-state index in [9.17, 15) is 9.59 Å². The molecule has 5 nitrogen and oxygen atoms in total. The first-order valence-electron chi connectivity index (χ1n) is 8.26. The molecule has 5 heteroatoms. The third kappa shape index (κ3) is 3.42. The fourth-order valence-electron chi connectivity index (χ4n) is 3.06. The molecule has 1 saturated heterocycles. The number of hydrogen-bond donors (Lipinski definition) is 0. The molecule has 1 aliphatic heterocycles. The third-order valence-electron chi connectivity index (χ3n) is 4.66. The fourth-order valence-corrected chi connectivity index (χ4v) is 3.06. The van der Waals surface area contributed by atoms with Crippen molar-refractivity contribution in [3.63, 3.8) is 0 Å². The Morgan fingerprint density at radius 2 is 1.68 bits per heavy atom. The van der Waals surface area contributed by atoms with Crippen LogP contribution in [0.3, 0.4) is 0 Å². The molecular weight excluding hydrogens is 316 g/mol. The average molecular weight is 338 g/mol. The minimum absolute atomic E-state index is 0.0521. The van der Waals surface area contributed by atoms with E-state index in [0.717, 1.165) is 11.1 Å². The fraction of sp³-hybridized carbons (Fsp3) is 0.300. The van der Waals surface area contributed by atoms with Gasteiger partial charge in [-0.05, 0) is 18.1 Å². The van der Waals surface area contributed by atoms with Gasteiger partial charge in [0.1, 0.15) is 6.54 Å². The van der Waals surface area contributed by atoms with E-state index >= 15 is 0 Å². The summed E-state index contributed by atoms with van der Waals surface area (Å²) in [6.45, 7) is 2.60. The molecule has 2 aromatic carbocycles. The summed E-state index contributed by atoms with van der Waals surface area (Å²) >= 11 is 0. The summed E-state index contributed by atoms with van der Waals surface area (Å²) in [5.41, 5.74) is 0.712. The molecular formula is C20H22N2O3. The Hall–Kier alpha value is -2.66. The lowest BCUT2D eigenvalue weighted by atomic mass is 9.94. The maximum atomic E-state index is 13.1. The van der Waals surface area contributed by atoms with Crippen LogP contribution >= 0.6 is 0 Å². The highest BCUT2D eigenvalue weighted by Crippen LogP contribution is 2.28. The lowest BCUT2D eigenvalue weighted by molar-refractivity contribution is -0.154. The number of hydrogen-bond acceptors (Lipinski definition) is 3. The van der Waals surface area contributed by atoms with E-state index in [4.69, 9.17) is 4.74 Å². The zero-order chi connectivity index (χ0) is 17.9. The predicted octanol–water partition coefficient (Wildman–Crippen LogP) is 2.38. The van der Waals surface area contributed by atoms with Gasteiger partial charge in [0.15, 0.2) is 5.60 Å². The quantitative estimate of drug-likeness (QED) is 0.841. The van der Waals surface area contributed by atoms with Crippen LogP contribution in [0.1, 0.15) is 18.1 Å². The Balaban J connectivity index is 1.76. The van der Waals surface area contributed by atoms with Gasteiger partial charge in [0.25, 0.3) is 5.91 Å². The normalized spacial score (nSPS) is 16.8. The van der Waals surface area contributed by atoms with Gasteiger partial charge in [-0.15, -0.1) is 0 Å². The summed E-state index contributed by atoms with van der Waals surface area (Å²) in [6, 6.07) is 19.1. The van der Waals surface area contributed by atoms with Crippen molar-refractivity contribution in [3.8, 4) is 0 Å². The van der Waals surface area contributed by atoms with Gasteiger partial charge in [-0.2, -0.15) is 0 Å². The molecule has 0 bridgehead atoms. The first-order valence-corrected chi connectivity index (χ1v) is 8.26. The standard InChI is InChI=1S/C20H22N2O3/c1-20(25-2,17-11-7-4-8-12-17)19(24)22-14-18(23)21(15-22)13-16-9-5-3-6-10-16/h3-12H,13-15H2,1-2H3/t20-/m0/s1. The maximum absolute atomic E-state index is 13.1. The van der Waals surface area contributed by atoms with Crippen molar-refractivity contribution < 1.29 is 14.3 Å². The Morgan fingerprint density at radius 3 is 2.28 bits per heavy atom. The monoisotopic (exact) mass is 338 g/mol. The molecule has 1 fully saturated rings. The maximum Gasteiger partial charge on any atom is 0.261 e. The number of nitrogens with zero attached hydrogens (tertiary/aromatic N) is 2. The molecule has 0 aromatic heterocycles. The number of rotatable bonds is 5. The van der Waals surface area contributed by atoms with Gasteiger partial charge in [-0.25, -0.2) is 0 Å². The summed E-state index contributed by atoms with van der Waals surface area (Å²) in [5, 5.41) is 0. The summed E-state index contributed by atoms with van der Waals surface area (Å²) in [7, 11) is 1.52. The number of carbonyl (C=O) groups is 2. The van der Waals surface area contributed by atoms with Gasteiger partial charge >= 0.3 is 0 Å². The van der Waals surface area contributed by atoms with Crippen LogP contribution in [0.15, 0.2) is 60.7 Å². The van der Waals surface area contributed by atoms with Crippen LogP contribution in [-0.4, -0.2) is 41.9 Å². The molecule has 0 unspecified atom stereocenters. The molecule has 0 aliphatic carbocycles. The molecule has 0 saturated carbocycles. The molecule has 130 valence electrons. The van der Waals surface area contributed by atoms with Crippen molar-refractivity contribution in [2.24, 2.45) is 0 Å². The molecule has 0 spiro atoms. The zero-order valence-electron chi connectivity index (χ0n) is 14.5. The van der Waals surface area contributed by atoms with Crippen LogP contribution in [0.4, 0.5) is 0 Å². The number of carbonyl (C=O) groups excluding carboxylic acids is 2. The lowest BCUT2D eigenvalue weighted by Crippen LogP contribution is -2.46. The van der Waals surface area contributed by atoms with Crippen LogP contribution in [0, 0.1) is 0 Å². The van der Waals surface area contributed by atoms with Crippen molar-refractivity contribution in [2.75, 3.05) is 20.3 Å². The zero-order valence-corrected chi connectivity index (χ0v) is 14.5. The van der Waals surface area contributed by atoms with Crippen LogP contribution in [-0.2, 0) is 26.5 Å².